The van der Waals surface area contributed by atoms with E-state index >= 15 is 0 Å². The number of anilines is 2. The fraction of sp³-hybridized carbons (Fsp3) is 0.111. The number of hydrogen-bond acceptors (Lipinski definition) is 3. The summed E-state index contributed by atoms with van der Waals surface area (Å²) in [4.78, 5) is 8.27. The molecule has 25 heavy (non-hydrogen) atoms. The van der Waals surface area contributed by atoms with Crippen molar-refractivity contribution in [2.45, 2.75) is 13.1 Å². The van der Waals surface area contributed by atoms with Crippen molar-refractivity contribution < 1.29 is 13.2 Å². The third-order valence-corrected chi connectivity index (χ3v) is 4.11. The number of nitrogens with zero attached hydrogens (tertiary/aromatic N) is 2. The molecule has 0 spiro atoms. The highest BCUT2D eigenvalue weighted by molar-refractivity contribution is 6.31. The molecule has 0 aliphatic carbocycles. The van der Waals surface area contributed by atoms with Gasteiger partial charge in [0, 0.05) is 22.3 Å². The molecule has 0 atom stereocenters. The van der Waals surface area contributed by atoms with Gasteiger partial charge in [0.15, 0.2) is 0 Å². The standard InChI is InChI=1S/C18H13ClF3N3/c1-11-14(19)3-2-4-15(11)25-17-9-16(23-10-24-17)12-5-7-13(8-6-12)18(20,21)22/h2-10H,1H3,(H,23,24,25). The smallest absolute Gasteiger partial charge is 0.340 e. The molecule has 0 aliphatic rings. The van der Waals surface area contributed by atoms with Gasteiger partial charge in [0.05, 0.1) is 11.3 Å². The van der Waals surface area contributed by atoms with Crippen LogP contribution in [0.15, 0.2) is 54.9 Å². The molecule has 1 heterocycles. The molecule has 0 saturated heterocycles. The van der Waals surface area contributed by atoms with Gasteiger partial charge < -0.3 is 5.32 Å². The van der Waals surface area contributed by atoms with E-state index < -0.39 is 11.7 Å². The van der Waals surface area contributed by atoms with Crippen LogP contribution in [-0.4, -0.2) is 9.97 Å². The number of nitrogens with one attached hydrogen (secondary N) is 1. The van der Waals surface area contributed by atoms with Gasteiger partial charge in [-0.2, -0.15) is 13.2 Å². The zero-order chi connectivity index (χ0) is 18.0. The zero-order valence-electron chi connectivity index (χ0n) is 13.1. The minimum absolute atomic E-state index is 0.519. The minimum Gasteiger partial charge on any atom is -0.340 e. The summed E-state index contributed by atoms with van der Waals surface area (Å²) in [7, 11) is 0. The number of alkyl halides is 3. The molecule has 0 fully saturated rings. The summed E-state index contributed by atoms with van der Waals surface area (Å²) in [5.41, 5.74) is 2.06. The van der Waals surface area contributed by atoms with Crippen LogP contribution >= 0.6 is 11.6 Å². The molecular weight excluding hydrogens is 351 g/mol. The summed E-state index contributed by atoms with van der Waals surface area (Å²) in [6.07, 6.45) is -3.00. The Morgan fingerprint density at radius 2 is 1.72 bits per heavy atom. The first-order valence-electron chi connectivity index (χ1n) is 7.36. The molecule has 0 amide bonds. The summed E-state index contributed by atoms with van der Waals surface area (Å²) in [5, 5.41) is 3.77. The largest absolute Gasteiger partial charge is 0.416 e. The maximum absolute atomic E-state index is 12.7. The Bertz CT molecular complexity index is 893. The number of benzene rings is 2. The summed E-state index contributed by atoms with van der Waals surface area (Å²) < 4.78 is 38.0. The van der Waals surface area contributed by atoms with Crippen molar-refractivity contribution in [2.24, 2.45) is 0 Å². The van der Waals surface area contributed by atoms with Crippen LogP contribution in [0.3, 0.4) is 0 Å². The first-order valence-corrected chi connectivity index (χ1v) is 7.74. The van der Waals surface area contributed by atoms with E-state index in [-0.39, 0.29) is 0 Å². The average molecular weight is 364 g/mol. The summed E-state index contributed by atoms with van der Waals surface area (Å²) >= 11 is 6.09. The molecular formula is C18H13ClF3N3. The molecule has 3 nitrogen and oxygen atoms in total. The lowest BCUT2D eigenvalue weighted by Crippen LogP contribution is -2.04. The van der Waals surface area contributed by atoms with E-state index in [1.54, 1.807) is 12.1 Å². The Labute approximate surface area is 147 Å². The molecule has 0 radical (unpaired) electrons. The van der Waals surface area contributed by atoms with Crippen molar-refractivity contribution in [3.05, 3.63) is 71.0 Å². The van der Waals surface area contributed by atoms with E-state index in [1.165, 1.54) is 18.5 Å². The van der Waals surface area contributed by atoms with Crippen molar-refractivity contribution in [3.8, 4) is 11.3 Å². The van der Waals surface area contributed by atoms with E-state index in [4.69, 9.17) is 11.6 Å². The van der Waals surface area contributed by atoms with Crippen molar-refractivity contribution in [1.82, 2.24) is 9.97 Å². The van der Waals surface area contributed by atoms with Crippen LogP contribution in [0.5, 0.6) is 0 Å². The fourth-order valence-electron chi connectivity index (χ4n) is 2.29. The van der Waals surface area contributed by atoms with Crippen molar-refractivity contribution in [3.63, 3.8) is 0 Å². The summed E-state index contributed by atoms with van der Waals surface area (Å²) in [5.74, 6) is 0.523. The molecule has 128 valence electrons. The zero-order valence-corrected chi connectivity index (χ0v) is 13.9. The van der Waals surface area contributed by atoms with Crippen LogP contribution in [0.1, 0.15) is 11.1 Å². The van der Waals surface area contributed by atoms with Crippen molar-refractivity contribution in [2.75, 3.05) is 5.32 Å². The van der Waals surface area contributed by atoms with Gasteiger partial charge in [0.1, 0.15) is 12.1 Å². The van der Waals surface area contributed by atoms with Crippen LogP contribution in [0.2, 0.25) is 5.02 Å². The lowest BCUT2D eigenvalue weighted by Gasteiger charge is -2.11. The first-order chi connectivity index (χ1) is 11.8. The second kappa shape index (κ2) is 6.72. The van der Waals surface area contributed by atoms with Crippen LogP contribution in [0.4, 0.5) is 24.7 Å². The number of halogens is 4. The van der Waals surface area contributed by atoms with E-state index in [0.29, 0.717) is 22.1 Å². The van der Waals surface area contributed by atoms with Gasteiger partial charge in [0.25, 0.3) is 0 Å². The molecule has 7 heteroatoms. The van der Waals surface area contributed by atoms with Gasteiger partial charge in [-0.05, 0) is 36.8 Å². The highest BCUT2D eigenvalue weighted by atomic mass is 35.5. The predicted octanol–water partition coefficient (Wildman–Crippen LogP) is 5.87. The maximum atomic E-state index is 12.7. The van der Waals surface area contributed by atoms with Gasteiger partial charge in [-0.3, -0.25) is 0 Å². The molecule has 0 saturated carbocycles. The second-order valence-corrected chi connectivity index (χ2v) is 5.81. The minimum atomic E-state index is -4.36. The Balaban J connectivity index is 1.88. The highest BCUT2D eigenvalue weighted by Crippen LogP contribution is 2.31. The van der Waals surface area contributed by atoms with Gasteiger partial charge in [-0.25, -0.2) is 9.97 Å². The first kappa shape index (κ1) is 17.2. The van der Waals surface area contributed by atoms with Crippen molar-refractivity contribution >= 4 is 23.1 Å². The van der Waals surface area contributed by atoms with Gasteiger partial charge in [-0.15, -0.1) is 0 Å². The molecule has 0 unspecified atom stereocenters. The second-order valence-electron chi connectivity index (χ2n) is 5.40. The Morgan fingerprint density at radius 1 is 1.00 bits per heavy atom. The van der Waals surface area contributed by atoms with Crippen LogP contribution < -0.4 is 5.32 Å². The van der Waals surface area contributed by atoms with Crippen LogP contribution in [-0.2, 0) is 6.18 Å². The van der Waals surface area contributed by atoms with E-state index in [0.717, 1.165) is 23.4 Å². The third kappa shape index (κ3) is 3.91. The lowest BCUT2D eigenvalue weighted by molar-refractivity contribution is -0.137. The monoisotopic (exact) mass is 363 g/mol. The Kier molecular flexibility index (Phi) is 4.63. The van der Waals surface area contributed by atoms with E-state index in [1.807, 2.05) is 19.1 Å². The lowest BCUT2D eigenvalue weighted by atomic mass is 10.1. The van der Waals surface area contributed by atoms with Crippen LogP contribution in [0.25, 0.3) is 11.3 Å². The Hall–Kier alpha value is -2.60. The third-order valence-electron chi connectivity index (χ3n) is 3.71. The van der Waals surface area contributed by atoms with E-state index in [2.05, 4.69) is 15.3 Å². The summed E-state index contributed by atoms with van der Waals surface area (Å²) in [6.45, 7) is 1.88. The molecule has 0 bridgehead atoms. The van der Waals surface area contributed by atoms with E-state index in [9.17, 15) is 13.2 Å². The molecule has 3 rings (SSSR count). The normalized spacial score (nSPS) is 11.4. The number of rotatable bonds is 3. The van der Waals surface area contributed by atoms with Crippen LogP contribution in [0, 0.1) is 6.92 Å². The number of hydrogen-bond donors (Lipinski definition) is 1. The molecule has 2 aromatic carbocycles. The summed E-state index contributed by atoms with van der Waals surface area (Å²) in [6, 6.07) is 12.0. The maximum Gasteiger partial charge on any atom is 0.416 e. The molecule has 1 aromatic heterocycles. The average Bonchev–Trinajstić information content (AvgIpc) is 2.59. The molecule has 1 N–H and O–H groups in total. The number of aromatic nitrogens is 2. The quantitative estimate of drug-likeness (QED) is 0.632. The highest BCUT2D eigenvalue weighted by Gasteiger charge is 2.30. The topological polar surface area (TPSA) is 37.8 Å². The predicted molar refractivity (Wildman–Crippen MR) is 91.9 cm³/mol. The van der Waals surface area contributed by atoms with Gasteiger partial charge in [0.2, 0.25) is 0 Å². The van der Waals surface area contributed by atoms with Gasteiger partial charge >= 0.3 is 6.18 Å². The van der Waals surface area contributed by atoms with Gasteiger partial charge in [-0.1, -0.05) is 29.8 Å². The Morgan fingerprint density at radius 3 is 2.40 bits per heavy atom. The fourth-order valence-corrected chi connectivity index (χ4v) is 2.47. The molecule has 0 aliphatic heterocycles. The van der Waals surface area contributed by atoms with Crippen molar-refractivity contribution in [1.29, 1.82) is 0 Å². The SMILES string of the molecule is Cc1c(Cl)cccc1Nc1cc(-c2ccc(C(F)(F)F)cc2)ncn1. The molecule has 3 aromatic rings.